The first-order valence-corrected chi connectivity index (χ1v) is 9.18. The van der Waals surface area contributed by atoms with E-state index in [1.165, 1.54) is 12.1 Å². The minimum atomic E-state index is -4.63. The maximum Gasteiger partial charge on any atom is 0.422 e. The Morgan fingerprint density at radius 1 is 1.00 bits per heavy atom. The topological polar surface area (TPSA) is 89.8 Å². The van der Waals surface area contributed by atoms with E-state index in [2.05, 4.69) is 35.3 Å². The summed E-state index contributed by atoms with van der Waals surface area (Å²) in [5.41, 5.74) is -0.929. The van der Waals surface area contributed by atoms with Crippen LogP contribution in [0.1, 0.15) is 12.0 Å². The van der Waals surface area contributed by atoms with Gasteiger partial charge in [0.1, 0.15) is 0 Å². The number of ether oxygens (including phenoxy) is 1. The maximum atomic E-state index is 12.9. The van der Waals surface area contributed by atoms with Gasteiger partial charge in [-0.3, -0.25) is 0 Å². The monoisotopic (exact) mass is 461 g/mol. The van der Waals surface area contributed by atoms with Gasteiger partial charge in [0.15, 0.2) is 6.61 Å². The zero-order valence-electron chi connectivity index (χ0n) is 16.3. The molecule has 0 amide bonds. The molecular formula is C18H17F6N7O. The van der Waals surface area contributed by atoms with Gasteiger partial charge in [-0.2, -0.15) is 41.3 Å². The van der Waals surface area contributed by atoms with Gasteiger partial charge in [0, 0.05) is 31.2 Å². The summed E-state index contributed by atoms with van der Waals surface area (Å²) in [7, 11) is 0. The van der Waals surface area contributed by atoms with E-state index in [9.17, 15) is 26.3 Å². The van der Waals surface area contributed by atoms with Crippen LogP contribution in [-0.4, -0.2) is 43.8 Å². The third-order valence-electron chi connectivity index (χ3n) is 3.86. The number of halogens is 6. The normalized spacial score (nSPS) is 11.9. The van der Waals surface area contributed by atoms with Crippen molar-refractivity contribution in [1.82, 2.24) is 24.5 Å². The maximum absolute atomic E-state index is 12.9. The second kappa shape index (κ2) is 9.70. The average molecular weight is 461 g/mol. The highest BCUT2D eigenvalue weighted by Crippen LogP contribution is 2.31. The Hall–Kier alpha value is -3.58. The van der Waals surface area contributed by atoms with Crippen LogP contribution in [0.15, 0.2) is 43.0 Å². The molecule has 1 aromatic carbocycles. The predicted molar refractivity (Wildman–Crippen MR) is 101 cm³/mol. The summed E-state index contributed by atoms with van der Waals surface area (Å²) in [5.74, 6) is -0.383. The van der Waals surface area contributed by atoms with Gasteiger partial charge in [0.25, 0.3) is 0 Å². The molecule has 0 aliphatic carbocycles. The largest absolute Gasteiger partial charge is 0.454 e. The number of nitrogens with one attached hydrogen (secondary N) is 2. The number of hydrogen-bond acceptors (Lipinski definition) is 7. The first-order valence-electron chi connectivity index (χ1n) is 9.18. The van der Waals surface area contributed by atoms with E-state index in [4.69, 9.17) is 0 Å². The molecule has 2 heterocycles. The molecule has 0 atom stereocenters. The van der Waals surface area contributed by atoms with Gasteiger partial charge in [0.05, 0.1) is 11.9 Å². The van der Waals surface area contributed by atoms with E-state index in [1.54, 1.807) is 18.7 Å². The molecule has 3 rings (SSSR count). The van der Waals surface area contributed by atoms with Crippen molar-refractivity contribution in [3.05, 3.63) is 48.5 Å². The van der Waals surface area contributed by atoms with Crippen LogP contribution in [0, 0.1) is 0 Å². The van der Waals surface area contributed by atoms with Crippen LogP contribution in [0.25, 0.3) is 0 Å². The highest BCUT2D eigenvalue weighted by Gasteiger charge is 2.31. The van der Waals surface area contributed by atoms with Gasteiger partial charge in [0.2, 0.25) is 11.9 Å². The molecule has 0 saturated heterocycles. The number of aromatic nitrogens is 5. The fraction of sp³-hybridized carbons (Fsp3) is 0.333. The highest BCUT2D eigenvalue weighted by atomic mass is 19.4. The molecule has 0 bridgehead atoms. The first-order chi connectivity index (χ1) is 15.1. The van der Waals surface area contributed by atoms with E-state index in [1.807, 2.05) is 4.57 Å². The number of benzene rings is 1. The Labute approximate surface area is 177 Å². The van der Waals surface area contributed by atoms with Crippen molar-refractivity contribution in [2.24, 2.45) is 0 Å². The van der Waals surface area contributed by atoms with E-state index in [0.29, 0.717) is 19.5 Å². The van der Waals surface area contributed by atoms with Crippen LogP contribution in [0.2, 0.25) is 0 Å². The average Bonchev–Trinajstić information content (AvgIpc) is 3.22. The quantitative estimate of drug-likeness (QED) is 0.363. The van der Waals surface area contributed by atoms with Gasteiger partial charge in [-0.15, -0.1) is 0 Å². The van der Waals surface area contributed by atoms with Crippen molar-refractivity contribution in [2.75, 3.05) is 23.8 Å². The summed E-state index contributed by atoms with van der Waals surface area (Å²) in [5, 5.41) is 5.36. The molecule has 14 heteroatoms. The number of nitrogens with zero attached hydrogens (tertiary/aromatic N) is 5. The zero-order valence-corrected chi connectivity index (χ0v) is 16.3. The molecule has 0 aliphatic heterocycles. The SMILES string of the molecule is FC(F)(F)COc1nc(NCCCn2ccnc2)nc(Nc2cccc(C(F)(F)F)c2)n1. The third-order valence-corrected chi connectivity index (χ3v) is 3.86. The lowest BCUT2D eigenvalue weighted by Crippen LogP contribution is -2.21. The second-order valence-corrected chi connectivity index (χ2v) is 6.45. The molecule has 0 aliphatic rings. The summed E-state index contributed by atoms with van der Waals surface area (Å²) in [6.45, 7) is -0.672. The predicted octanol–water partition coefficient (Wildman–Crippen LogP) is 4.27. The summed E-state index contributed by atoms with van der Waals surface area (Å²) in [4.78, 5) is 15.4. The molecular weight excluding hydrogens is 444 g/mol. The van der Waals surface area contributed by atoms with Gasteiger partial charge in [-0.25, -0.2) is 4.98 Å². The minimum absolute atomic E-state index is 0.0149. The number of imidazole rings is 1. The number of anilines is 3. The van der Waals surface area contributed by atoms with Crippen LogP contribution in [0.3, 0.4) is 0 Å². The fourth-order valence-corrected chi connectivity index (χ4v) is 2.49. The Kier molecular flexibility index (Phi) is 7.00. The third kappa shape index (κ3) is 7.28. The van der Waals surface area contributed by atoms with Crippen molar-refractivity contribution in [3.63, 3.8) is 0 Å². The molecule has 0 fully saturated rings. The van der Waals surface area contributed by atoms with E-state index in [0.717, 1.165) is 12.1 Å². The van der Waals surface area contributed by atoms with Crippen LogP contribution >= 0.6 is 0 Å². The number of hydrogen-bond donors (Lipinski definition) is 2. The summed E-state index contributed by atoms with van der Waals surface area (Å²) >= 11 is 0. The summed E-state index contributed by atoms with van der Waals surface area (Å²) in [6, 6.07) is 3.56. The van der Waals surface area contributed by atoms with Crippen LogP contribution in [-0.2, 0) is 12.7 Å². The van der Waals surface area contributed by atoms with Gasteiger partial charge >= 0.3 is 18.4 Å². The van der Waals surface area contributed by atoms with E-state index < -0.39 is 30.5 Å². The van der Waals surface area contributed by atoms with Crippen molar-refractivity contribution in [2.45, 2.75) is 25.3 Å². The first kappa shape index (κ1) is 23.1. The highest BCUT2D eigenvalue weighted by molar-refractivity contribution is 5.55. The summed E-state index contributed by atoms with van der Waals surface area (Å²) in [6.07, 6.45) is -3.57. The Bertz CT molecular complexity index is 1010. The van der Waals surface area contributed by atoms with Crippen LogP contribution in [0.4, 0.5) is 43.9 Å². The van der Waals surface area contributed by atoms with Gasteiger partial charge in [-0.1, -0.05) is 6.07 Å². The van der Waals surface area contributed by atoms with Gasteiger partial charge in [-0.05, 0) is 24.6 Å². The molecule has 0 unspecified atom stereocenters. The second-order valence-electron chi connectivity index (χ2n) is 6.45. The molecule has 8 nitrogen and oxygen atoms in total. The van der Waals surface area contributed by atoms with E-state index in [-0.39, 0.29) is 17.6 Å². The molecule has 3 aromatic rings. The Morgan fingerprint density at radius 2 is 1.78 bits per heavy atom. The lowest BCUT2D eigenvalue weighted by molar-refractivity contribution is -0.154. The molecule has 0 spiro atoms. The molecule has 32 heavy (non-hydrogen) atoms. The lowest BCUT2D eigenvalue weighted by atomic mass is 10.2. The smallest absolute Gasteiger partial charge is 0.422 e. The van der Waals surface area contributed by atoms with Crippen LogP contribution in [0.5, 0.6) is 6.01 Å². The number of aryl methyl sites for hydroxylation is 1. The van der Waals surface area contributed by atoms with Gasteiger partial charge < -0.3 is 19.9 Å². The molecule has 0 radical (unpaired) electrons. The van der Waals surface area contributed by atoms with E-state index >= 15 is 0 Å². The molecule has 2 aromatic heterocycles. The number of rotatable bonds is 9. The summed E-state index contributed by atoms with van der Waals surface area (Å²) < 4.78 is 82.6. The molecule has 2 N–H and O–H groups in total. The van der Waals surface area contributed by atoms with Crippen molar-refractivity contribution in [1.29, 1.82) is 0 Å². The Morgan fingerprint density at radius 3 is 2.47 bits per heavy atom. The molecule has 172 valence electrons. The van der Waals surface area contributed by atoms with Crippen molar-refractivity contribution < 1.29 is 31.1 Å². The van der Waals surface area contributed by atoms with Crippen molar-refractivity contribution >= 4 is 17.6 Å². The minimum Gasteiger partial charge on any atom is -0.454 e. The fourth-order valence-electron chi connectivity index (χ4n) is 2.49. The lowest BCUT2D eigenvalue weighted by Gasteiger charge is -2.13. The Balaban J connectivity index is 1.73. The van der Waals surface area contributed by atoms with Crippen LogP contribution < -0.4 is 15.4 Å². The standard InChI is InChI=1S/C18H17F6N7O/c19-17(20,21)10-32-16-29-14(26-5-2-7-31-8-6-25-11-31)28-15(30-16)27-13-4-1-3-12(9-13)18(22,23)24/h1,3-4,6,8-9,11H,2,5,7,10H2,(H2,26,27,28,29,30). The molecule has 0 saturated carbocycles. The number of alkyl halides is 6. The zero-order chi connectivity index (χ0) is 23.2. The van der Waals surface area contributed by atoms with Crippen molar-refractivity contribution in [3.8, 4) is 6.01 Å².